The van der Waals surface area contributed by atoms with E-state index in [9.17, 15) is 22.4 Å². The van der Waals surface area contributed by atoms with E-state index in [1.165, 1.54) is 11.5 Å². The Morgan fingerprint density at radius 1 is 1.19 bits per heavy atom. The fraction of sp³-hybridized carbons (Fsp3) is 0.393. The van der Waals surface area contributed by atoms with Gasteiger partial charge in [-0.25, -0.2) is 9.78 Å². The van der Waals surface area contributed by atoms with E-state index in [0.29, 0.717) is 22.9 Å². The van der Waals surface area contributed by atoms with Gasteiger partial charge in [0.15, 0.2) is 11.4 Å². The van der Waals surface area contributed by atoms with Gasteiger partial charge in [-0.15, -0.1) is 0 Å². The second-order valence-corrected chi connectivity index (χ2v) is 9.81. The van der Waals surface area contributed by atoms with Crippen molar-refractivity contribution >= 4 is 39.9 Å². The number of carbonyl (C=O) groups excluding carboxylic acids is 1. The van der Waals surface area contributed by atoms with Crippen LogP contribution < -0.4 is 20.3 Å². The number of aromatic nitrogens is 2. The van der Waals surface area contributed by atoms with Gasteiger partial charge in [-0.2, -0.15) is 17.6 Å². The number of amides is 1. The number of furan rings is 1. The summed E-state index contributed by atoms with van der Waals surface area (Å²) in [4.78, 5) is 28.8. The number of imidazole rings is 1. The van der Waals surface area contributed by atoms with Crippen LogP contribution in [-0.4, -0.2) is 65.3 Å². The number of fused-ring (bicyclic) bond motifs is 2. The monoisotopic (exact) mass is 593 g/mol. The molecule has 4 heterocycles. The summed E-state index contributed by atoms with van der Waals surface area (Å²) >= 11 is 0. The number of rotatable bonds is 6. The van der Waals surface area contributed by atoms with Crippen LogP contribution in [0.2, 0.25) is 0 Å². The van der Waals surface area contributed by atoms with Crippen molar-refractivity contribution in [3.8, 4) is 5.75 Å². The highest BCUT2D eigenvalue weighted by atomic mass is 19.4. The quantitative estimate of drug-likeness (QED) is 0.257. The largest absolute Gasteiger partial charge is 0.491 e. The minimum absolute atomic E-state index is 0.0662. The normalized spacial score (nSPS) is 14.1. The van der Waals surface area contributed by atoms with E-state index < -0.39 is 23.9 Å². The molecule has 3 N–H and O–H groups in total. The van der Waals surface area contributed by atoms with Crippen molar-refractivity contribution in [1.82, 2.24) is 14.7 Å². The lowest BCUT2D eigenvalue weighted by Gasteiger charge is -2.34. The van der Waals surface area contributed by atoms with E-state index in [4.69, 9.17) is 19.1 Å². The molecule has 1 aromatic carbocycles. The molecule has 0 unspecified atom stereocenters. The number of nitrogens with one attached hydrogen (secondary N) is 2. The zero-order valence-corrected chi connectivity index (χ0v) is 23.4. The van der Waals surface area contributed by atoms with E-state index in [2.05, 4.69) is 27.4 Å². The Labute approximate surface area is 238 Å². The predicted octanol–water partition coefficient (Wildman–Crippen LogP) is 5.31. The first-order valence-electron chi connectivity index (χ1n) is 13.2. The fourth-order valence-electron chi connectivity index (χ4n) is 4.97. The minimum Gasteiger partial charge on any atom is -0.491 e. The summed E-state index contributed by atoms with van der Waals surface area (Å²) in [7, 11) is 1.36. The van der Waals surface area contributed by atoms with Gasteiger partial charge in [0.05, 0.1) is 18.4 Å². The average Bonchev–Trinajstić information content (AvgIpc) is 3.50. The van der Waals surface area contributed by atoms with E-state index in [1.54, 1.807) is 25.4 Å². The third-order valence-electron chi connectivity index (χ3n) is 6.81. The molecular formula is C28H31F4N5O5. The fourth-order valence-corrected chi connectivity index (χ4v) is 4.97. The lowest BCUT2D eigenvalue weighted by atomic mass is 10.0. The zero-order chi connectivity index (χ0) is 30.8. The highest BCUT2D eigenvalue weighted by Gasteiger charge is 2.38. The number of benzene rings is 1. The van der Waals surface area contributed by atoms with Crippen LogP contribution in [0.3, 0.4) is 0 Å². The number of methoxy groups -OCH3 is 1. The summed E-state index contributed by atoms with van der Waals surface area (Å²) in [5, 5.41) is 14.4. The predicted molar refractivity (Wildman–Crippen MR) is 148 cm³/mol. The number of aryl methyl sites for hydroxylation is 2. The van der Waals surface area contributed by atoms with Gasteiger partial charge in [0.25, 0.3) is 5.91 Å². The molecule has 0 atom stereocenters. The number of halogens is 4. The summed E-state index contributed by atoms with van der Waals surface area (Å²) in [6, 6.07) is 6.25. The third kappa shape index (κ3) is 6.43. The van der Waals surface area contributed by atoms with Gasteiger partial charge in [0.2, 0.25) is 5.82 Å². The van der Waals surface area contributed by atoms with Crippen LogP contribution in [0.4, 0.5) is 28.9 Å². The van der Waals surface area contributed by atoms with Crippen LogP contribution in [0.1, 0.15) is 41.6 Å². The zero-order valence-electron chi connectivity index (χ0n) is 23.4. The van der Waals surface area contributed by atoms with Gasteiger partial charge in [-0.3, -0.25) is 4.79 Å². The molecule has 4 aromatic rings. The number of carboxylic acid groups (broad SMARTS) is 1. The molecular weight excluding hydrogens is 562 g/mol. The number of nitrogens with zero attached hydrogens (tertiary/aromatic N) is 3. The van der Waals surface area contributed by atoms with Gasteiger partial charge < -0.3 is 34.2 Å². The number of carbonyl (C=O) groups is 2. The lowest BCUT2D eigenvalue weighted by molar-refractivity contribution is -0.192. The Kier molecular flexibility index (Phi) is 8.95. The maximum atomic E-state index is 15.0. The first-order valence-corrected chi connectivity index (χ1v) is 13.2. The molecule has 0 spiro atoms. The SMILES string of the molecule is CCNC1CCN(c2ccc(C(=O)Nc3cn4cc(C)nc4c(F)c3OC)c3oc(C)cc23)CC1.O=C(O)C(F)(F)F. The van der Waals surface area contributed by atoms with Crippen LogP contribution in [0.25, 0.3) is 16.6 Å². The van der Waals surface area contributed by atoms with E-state index in [0.717, 1.165) is 49.3 Å². The summed E-state index contributed by atoms with van der Waals surface area (Å²) in [6.45, 7) is 8.62. The smallest absolute Gasteiger partial charge is 0.490 e. The molecule has 1 aliphatic heterocycles. The maximum Gasteiger partial charge on any atom is 0.490 e. The second-order valence-electron chi connectivity index (χ2n) is 9.81. The molecule has 3 aromatic heterocycles. The van der Waals surface area contributed by atoms with E-state index >= 15 is 0 Å². The Morgan fingerprint density at radius 3 is 2.45 bits per heavy atom. The number of aliphatic carboxylic acids is 1. The highest BCUT2D eigenvalue weighted by molar-refractivity contribution is 6.14. The number of ether oxygens (including phenoxy) is 1. The highest BCUT2D eigenvalue weighted by Crippen LogP contribution is 2.35. The number of carboxylic acids is 1. The Bertz CT molecular complexity index is 1610. The summed E-state index contributed by atoms with van der Waals surface area (Å²) in [5.74, 6) is -3.14. The number of hydrogen-bond donors (Lipinski definition) is 3. The number of alkyl halides is 3. The number of anilines is 2. The molecule has 0 saturated carbocycles. The Morgan fingerprint density at radius 2 is 1.86 bits per heavy atom. The summed E-state index contributed by atoms with van der Waals surface area (Å²) in [5.41, 5.74) is 2.97. The second kappa shape index (κ2) is 12.3. The molecule has 0 aliphatic carbocycles. The molecule has 1 amide bonds. The molecule has 1 saturated heterocycles. The molecule has 10 nitrogen and oxygen atoms in total. The van der Waals surface area contributed by atoms with Gasteiger partial charge >= 0.3 is 12.1 Å². The molecule has 226 valence electrons. The van der Waals surface area contributed by atoms with Gasteiger partial charge in [0, 0.05) is 42.6 Å². The van der Waals surface area contributed by atoms with E-state index in [-0.39, 0.29) is 17.1 Å². The number of hydrogen-bond acceptors (Lipinski definition) is 7. The van der Waals surface area contributed by atoms with Crippen molar-refractivity contribution in [2.75, 3.05) is 37.0 Å². The molecule has 14 heteroatoms. The average molecular weight is 594 g/mol. The van der Waals surface area contributed by atoms with Gasteiger partial charge in [0.1, 0.15) is 17.0 Å². The molecule has 1 fully saturated rings. The van der Waals surface area contributed by atoms with E-state index in [1.807, 2.05) is 19.1 Å². The topological polar surface area (TPSA) is 121 Å². The first kappa shape index (κ1) is 30.6. The molecule has 42 heavy (non-hydrogen) atoms. The molecule has 1 aliphatic rings. The summed E-state index contributed by atoms with van der Waals surface area (Å²) < 4.78 is 59.5. The van der Waals surface area contributed by atoms with Crippen LogP contribution in [0, 0.1) is 19.7 Å². The minimum atomic E-state index is -5.08. The van der Waals surface area contributed by atoms with Gasteiger partial charge in [-0.05, 0) is 51.4 Å². The molecule has 0 bridgehead atoms. The molecule has 5 rings (SSSR count). The lowest BCUT2D eigenvalue weighted by Crippen LogP contribution is -2.42. The van der Waals surface area contributed by atoms with Crippen LogP contribution in [0.5, 0.6) is 5.75 Å². The number of pyridine rings is 1. The van der Waals surface area contributed by atoms with Crippen LogP contribution in [-0.2, 0) is 4.79 Å². The maximum absolute atomic E-state index is 15.0. The third-order valence-corrected chi connectivity index (χ3v) is 6.81. The Hall–Kier alpha value is -4.33. The molecule has 0 radical (unpaired) electrons. The van der Waals surface area contributed by atoms with Crippen LogP contribution >= 0.6 is 0 Å². The van der Waals surface area contributed by atoms with Crippen molar-refractivity contribution in [1.29, 1.82) is 0 Å². The summed E-state index contributed by atoms with van der Waals surface area (Å²) in [6.07, 6.45) is 0.337. The van der Waals surface area contributed by atoms with Crippen molar-refractivity contribution < 1.29 is 41.4 Å². The van der Waals surface area contributed by atoms with Crippen molar-refractivity contribution in [2.24, 2.45) is 0 Å². The van der Waals surface area contributed by atoms with Gasteiger partial charge in [-0.1, -0.05) is 6.92 Å². The Balaban J connectivity index is 0.000000517. The van der Waals surface area contributed by atoms with Crippen molar-refractivity contribution in [3.63, 3.8) is 0 Å². The first-order chi connectivity index (χ1) is 19.8. The standard InChI is InChI=1S/C26H30FN5O3.C2HF3O2/c1-5-28-17-8-10-31(11-9-17)21-7-6-18(23-19(21)12-16(3)35-23)26(33)30-20-14-32-13-15(2)29-25(32)22(27)24(20)34-4;3-2(4,5)1(6)7/h6-7,12-14,17,28H,5,8-11H2,1-4H3,(H,30,33);(H,6,7). The van der Waals surface area contributed by atoms with Crippen molar-refractivity contribution in [3.05, 3.63) is 53.4 Å². The number of piperidine rings is 1. The van der Waals surface area contributed by atoms with Crippen molar-refractivity contribution in [2.45, 2.75) is 45.8 Å². The van der Waals surface area contributed by atoms with Crippen LogP contribution in [0.15, 0.2) is 35.0 Å².